The molecule has 0 radical (unpaired) electrons. The molecule has 36 heavy (non-hydrogen) atoms. The zero-order chi connectivity index (χ0) is 25.3. The molecule has 1 aromatic carbocycles. The smallest absolute Gasteiger partial charge is 0.325 e. The fraction of sp³-hybridized carbons (Fsp3) is 0.462. The van der Waals surface area contributed by atoms with E-state index in [0.717, 1.165) is 18.4 Å². The largest absolute Gasteiger partial charge is 0.376 e. The second-order valence-corrected chi connectivity index (χ2v) is 9.76. The van der Waals surface area contributed by atoms with Crippen LogP contribution >= 0.6 is 0 Å². The van der Waals surface area contributed by atoms with Gasteiger partial charge in [-0.15, -0.1) is 0 Å². The Bertz CT molecular complexity index is 1180. The van der Waals surface area contributed by atoms with Gasteiger partial charge in [0.15, 0.2) is 0 Å². The van der Waals surface area contributed by atoms with Crippen molar-refractivity contribution in [1.82, 2.24) is 20.1 Å². The predicted molar refractivity (Wildman–Crippen MR) is 128 cm³/mol. The molecule has 5 rings (SSSR count). The lowest BCUT2D eigenvalue weighted by Crippen LogP contribution is -2.58. The van der Waals surface area contributed by atoms with Gasteiger partial charge < -0.3 is 19.9 Å². The van der Waals surface area contributed by atoms with Gasteiger partial charge in [-0.2, -0.15) is 0 Å². The minimum absolute atomic E-state index is 0.168. The Balaban J connectivity index is 1.36. The van der Waals surface area contributed by atoms with Gasteiger partial charge in [0.1, 0.15) is 11.4 Å². The van der Waals surface area contributed by atoms with E-state index in [1.807, 2.05) is 0 Å². The maximum Gasteiger partial charge on any atom is 0.325 e. The van der Waals surface area contributed by atoms with E-state index in [2.05, 4.69) is 10.3 Å². The Labute approximate surface area is 207 Å². The van der Waals surface area contributed by atoms with Crippen LogP contribution in [0.15, 0.2) is 47.4 Å². The summed E-state index contributed by atoms with van der Waals surface area (Å²) in [4.78, 5) is 56.6. The molecule has 9 nitrogen and oxygen atoms in total. The number of nitrogens with one attached hydrogen (secondary N) is 2. The first-order chi connectivity index (χ1) is 17.4. The highest BCUT2D eigenvalue weighted by molar-refractivity contribution is 6.07. The van der Waals surface area contributed by atoms with Crippen LogP contribution in [-0.2, 0) is 16.0 Å². The molecule has 0 aliphatic carbocycles. The summed E-state index contributed by atoms with van der Waals surface area (Å²) in [5.41, 5.74) is -0.324. The highest BCUT2D eigenvalue weighted by Crippen LogP contribution is 2.37. The number of imide groups is 1. The molecule has 2 N–H and O–H groups in total. The third-order valence-electron chi connectivity index (χ3n) is 7.52. The van der Waals surface area contributed by atoms with Crippen LogP contribution < -0.4 is 10.9 Å². The van der Waals surface area contributed by atoms with Crippen molar-refractivity contribution in [2.45, 2.75) is 43.7 Å². The maximum absolute atomic E-state index is 13.9. The number of benzene rings is 1. The number of nitrogens with zero attached hydrogens (tertiary/aromatic N) is 2. The van der Waals surface area contributed by atoms with E-state index >= 15 is 0 Å². The molecule has 10 heteroatoms. The standard InChI is InChI=1S/C26H29FN4O5/c27-20-6-3-17(4-7-20)14-26(24(34)31(25(35)29-26)16-21-2-1-13-36-21)19-9-11-30(12-10-19)23(33)18-5-8-22(32)28-15-18/h3-8,15,19,21H,1-2,9-14,16H2,(H,28,32)(H,29,35)/t21-,26-/m1/s1. The molecule has 0 saturated carbocycles. The Morgan fingerprint density at radius 1 is 1.06 bits per heavy atom. The van der Waals surface area contributed by atoms with Gasteiger partial charge >= 0.3 is 6.03 Å². The third-order valence-corrected chi connectivity index (χ3v) is 7.52. The number of hydrogen-bond donors (Lipinski definition) is 2. The fourth-order valence-corrected chi connectivity index (χ4v) is 5.57. The second-order valence-electron chi connectivity index (χ2n) is 9.76. The van der Waals surface area contributed by atoms with Crippen LogP contribution in [0, 0.1) is 11.7 Å². The number of H-pyrrole nitrogens is 1. The van der Waals surface area contributed by atoms with Gasteiger partial charge in [-0.25, -0.2) is 9.18 Å². The lowest BCUT2D eigenvalue weighted by Gasteiger charge is -2.41. The van der Waals surface area contributed by atoms with Crippen molar-refractivity contribution in [2.75, 3.05) is 26.2 Å². The number of pyridine rings is 1. The first-order valence-electron chi connectivity index (χ1n) is 12.3. The van der Waals surface area contributed by atoms with Crippen molar-refractivity contribution in [1.29, 1.82) is 0 Å². The van der Waals surface area contributed by atoms with Crippen LogP contribution in [0.25, 0.3) is 0 Å². The van der Waals surface area contributed by atoms with Crippen LogP contribution in [0.5, 0.6) is 0 Å². The molecule has 0 bridgehead atoms. The van der Waals surface area contributed by atoms with Crippen molar-refractivity contribution in [3.05, 3.63) is 69.9 Å². The van der Waals surface area contributed by atoms with E-state index in [1.165, 1.54) is 35.4 Å². The highest BCUT2D eigenvalue weighted by atomic mass is 19.1. The number of hydrogen-bond acceptors (Lipinski definition) is 5. The van der Waals surface area contributed by atoms with Crippen LogP contribution in [0.4, 0.5) is 9.18 Å². The number of urea groups is 1. The average molecular weight is 497 g/mol. The molecule has 0 spiro atoms. The number of rotatable bonds is 6. The number of amides is 4. The van der Waals surface area contributed by atoms with Gasteiger partial charge in [-0.05, 0) is 55.4 Å². The maximum atomic E-state index is 13.9. The number of carbonyl (C=O) groups is 3. The normalized spacial score (nSPS) is 24.9. The quantitative estimate of drug-likeness (QED) is 0.595. The number of carbonyl (C=O) groups excluding carboxylic acids is 3. The summed E-state index contributed by atoms with van der Waals surface area (Å²) in [7, 11) is 0. The molecule has 2 aromatic rings. The van der Waals surface area contributed by atoms with Crippen molar-refractivity contribution in [3.63, 3.8) is 0 Å². The molecule has 4 amide bonds. The lowest BCUT2D eigenvalue weighted by atomic mass is 9.73. The number of aromatic nitrogens is 1. The minimum Gasteiger partial charge on any atom is -0.376 e. The average Bonchev–Trinajstić information content (AvgIpc) is 3.49. The van der Waals surface area contributed by atoms with Crippen LogP contribution in [-0.4, -0.2) is 70.5 Å². The second kappa shape index (κ2) is 9.85. The summed E-state index contributed by atoms with van der Waals surface area (Å²) in [6, 6.07) is 8.33. The summed E-state index contributed by atoms with van der Waals surface area (Å²) in [6.07, 6.45) is 4.18. The van der Waals surface area contributed by atoms with Crippen molar-refractivity contribution in [2.24, 2.45) is 5.92 Å². The molecule has 190 valence electrons. The van der Waals surface area contributed by atoms with E-state index < -0.39 is 11.6 Å². The molecule has 3 aliphatic heterocycles. The van der Waals surface area contributed by atoms with Crippen LogP contribution in [0.1, 0.15) is 41.6 Å². The first kappa shape index (κ1) is 24.2. The van der Waals surface area contributed by atoms with E-state index in [-0.39, 0.29) is 48.2 Å². The molecule has 2 atom stereocenters. The number of halogens is 1. The number of aromatic amines is 1. The zero-order valence-electron chi connectivity index (χ0n) is 19.9. The summed E-state index contributed by atoms with van der Waals surface area (Å²) in [5.74, 6) is -1.08. The van der Waals surface area contributed by atoms with Gasteiger partial charge in [0.05, 0.1) is 18.2 Å². The van der Waals surface area contributed by atoms with Crippen LogP contribution in [0.3, 0.4) is 0 Å². The third kappa shape index (κ3) is 4.65. The van der Waals surface area contributed by atoms with Gasteiger partial charge in [-0.1, -0.05) is 12.1 Å². The molecular weight excluding hydrogens is 467 g/mol. The van der Waals surface area contributed by atoms with Gasteiger partial charge in [0.2, 0.25) is 5.56 Å². The molecule has 4 heterocycles. The van der Waals surface area contributed by atoms with E-state index in [1.54, 1.807) is 17.0 Å². The number of ether oxygens (including phenoxy) is 1. The zero-order valence-corrected chi connectivity index (χ0v) is 19.9. The topological polar surface area (TPSA) is 112 Å². The van der Waals surface area contributed by atoms with E-state index in [4.69, 9.17) is 4.74 Å². The minimum atomic E-state index is -1.18. The first-order valence-corrected chi connectivity index (χ1v) is 12.3. The van der Waals surface area contributed by atoms with Crippen molar-refractivity contribution >= 4 is 17.8 Å². The summed E-state index contributed by atoms with van der Waals surface area (Å²) in [5, 5.41) is 3.00. The van der Waals surface area contributed by atoms with Crippen LogP contribution in [0.2, 0.25) is 0 Å². The van der Waals surface area contributed by atoms with Gasteiger partial charge in [0.25, 0.3) is 11.8 Å². The molecule has 0 unspecified atom stereocenters. The predicted octanol–water partition coefficient (Wildman–Crippen LogP) is 2.08. The number of likely N-dealkylation sites (tertiary alicyclic amines) is 1. The lowest BCUT2D eigenvalue weighted by molar-refractivity contribution is -0.135. The van der Waals surface area contributed by atoms with E-state index in [0.29, 0.717) is 38.1 Å². The molecule has 3 fully saturated rings. The molecular formula is C26H29FN4O5. The highest BCUT2D eigenvalue weighted by Gasteiger charge is 2.56. The fourth-order valence-electron chi connectivity index (χ4n) is 5.57. The molecule has 3 aliphatic rings. The molecule has 1 aromatic heterocycles. The van der Waals surface area contributed by atoms with E-state index in [9.17, 15) is 23.6 Å². The monoisotopic (exact) mass is 496 g/mol. The summed E-state index contributed by atoms with van der Waals surface area (Å²) >= 11 is 0. The summed E-state index contributed by atoms with van der Waals surface area (Å²) in [6.45, 7) is 1.64. The molecule has 3 saturated heterocycles. The summed E-state index contributed by atoms with van der Waals surface area (Å²) < 4.78 is 19.2. The SMILES string of the molecule is O=C(c1ccc(=O)[nH]c1)N1CCC([C@@]2(Cc3ccc(F)cc3)NC(=O)N(C[C@H]3CCCO3)C2=O)CC1. The Kier molecular flexibility index (Phi) is 6.61. The van der Waals surface area contributed by atoms with Crippen molar-refractivity contribution in [3.8, 4) is 0 Å². The van der Waals surface area contributed by atoms with Crippen molar-refractivity contribution < 1.29 is 23.5 Å². The Morgan fingerprint density at radius 3 is 2.44 bits per heavy atom. The van der Waals surface area contributed by atoms with Gasteiger partial charge in [-0.3, -0.25) is 19.3 Å². The Hall–Kier alpha value is -3.53. The Morgan fingerprint density at radius 2 is 1.81 bits per heavy atom. The van der Waals surface area contributed by atoms with Gasteiger partial charge in [0, 0.05) is 38.4 Å². The number of piperidine rings is 1.